The Balaban J connectivity index is 1.75. The summed E-state index contributed by atoms with van der Waals surface area (Å²) in [6.45, 7) is 6.85. The lowest BCUT2D eigenvalue weighted by Gasteiger charge is -2.22. The lowest BCUT2D eigenvalue weighted by Crippen LogP contribution is -2.27. The van der Waals surface area contributed by atoms with Gasteiger partial charge < -0.3 is 14.8 Å². The van der Waals surface area contributed by atoms with E-state index in [1.54, 1.807) is 0 Å². The zero-order valence-electron chi connectivity index (χ0n) is 11.4. The van der Waals surface area contributed by atoms with Crippen LogP contribution in [0.15, 0.2) is 0 Å². The Hall–Kier alpha value is -0.120. The third kappa shape index (κ3) is 8.58. The van der Waals surface area contributed by atoms with Gasteiger partial charge in [0.25, 0.3) is 0 Å². The molecule has 3 nitrogen and oxygen atoms in total. The number of ether oxygens (including phenoxy) is 2. The van der Waals surface area contributed by atoms with Gasteiger partial charge in [0.15, 0.2) is 0 Å². The van der Waals surface area contributed by atoms with Crippen molar-refractivity contribution in [3.05, 3.63) is 0 Å². The molecule has 0 bridgehead atoms. The van der Waals surface area contributed by atoms with Crippen LogP contribution in [0.4, 0.5) is 0 Å². The number of unbranched alkanes of at least 4 members (excludes halogenated alkanes) is 3. The van der Waals surface area contributed by atoms with Crippen LogP contribution < -0.4 is 5.32 Å². The molecular weight excluding hydrogens is 214 g/mol. The quantitative estimate of drug-likeness (QED) is 0.598. The van der Waals surface area contributed by atoms with Crippen molar-refractivity contribution in [3.8, 4) is 0 Å². The molecule has 1 aliphatic rings. The Morgan fingerprint density at radius 3 is 2.88 bits per heavy atom. The predicted molar refractivity (Wildman–Crippen MR) is 71.4 cm³/mol. The van der Waals surface area contributed by atoms with Gasteiger partial charge in [0.2, 0.25) is 0 Å². The first-order valence-electron chi connectivity index (χ1n) is 7.33. The summed E-state index contributed by atoms with van der Waals surface area (Å²) in [5.74, 6) is 0. The fourth-order valence-electron chi connectivity index (χ4n) is 2.10. The highest BCUT2D eigenvalue weighted by atomic mass is 16.5. The molecule has 0 spiro atoms. The zero-order chi connectivity index (χ0) is 12.2. The smallest absolute Gasteiger partial charge is 0.0808 e. The van der Waals surface area contributed by atoms with Crippen LogP contribution in [0.3, 0.4) is 0 Å². The fraction of sp³-hybridized carbons (Fsp3) is 1.00. The molecular formula is C14H29NO2. The zero-order valence-corrected chi connectivity index (χ0v) is 11.4. The maximum atomic E-state index is 5.61. The Morgan fingerprint density at radius 1 is 1.18 bits per heavy atom. The number of hydrogen-bond donors (Lipinski definition) is 1. The number of rotatable bonds is 10. The highest BCUT2D eigenvalue weighted by Crippen LogP contribution is 2.12. The van der Waals surface area contributed by atoms with Gasteiger partial charge in [0, 0.05) is 13.2 Å². The van der Waals surface area contributed by atoms with Gasteiger partial charge >= 0.3 is 0 Å². The summed E-state index contributed by atoms with van der Waals surface area (Å²) in [5.41, 5.74) is 0. The molecule has 1 atom stereocenters. The van der Waals surface area contributed by atoms with Gasteiger partial charge in [-0.05, 0) is 32.2 Å². The van der Waals surface area contributed by atoms with Gasteiger partial charge in [-0.1, -0.05) is 26.2 Å². The first kappa shape index (κ1) is 14.9. The molecule has 0 aromatic rings. The van der Waals surface area contributed by atoms with Gasteiger partial charge in [0.1, 0.15) is 0 Å². The predicted octanol–water partition coefficient (Wildman–Crippen LogP) is 2.74. The number of hydrogen-bond acceptors (Lipinski definition) is 3. The van der Waals surface area contributed by atoms with E-state index in [1.165, 1.54) is 44.9 Å². The average molecular weight is 243 g/mol. The van der Waals surface area contributed by atoms with Gasteiger partial charge in [-0.2, -0.15) is 0 Å². The molecule has 0 aromatic carbocycles. The van der Waals surface area contributed by atoms with Crippen molar-refractivity contribution in [3.63, 3.8) is 0 Å². The minimum Gasteiger partial charge on any atom is -0.377 e. The molecule has 102 valence electrons. The second-order valence-corrected chi connectivity index (χ2v) is 4.87. The minimum absolute atomic E-state index is 0.355. The second kappa shape index (κ2) is 11.0. The Bertz CT molecular complexity index is 158. The van der Waals surface area contributed by atoms with E-state index in [0.29, 0.717) is 6.10 Å². The summed E-state index contributed by atoms with van der Waals surface area (Å²) >= 11 is 0. The van der Waals surface area contributed by atoms with Crippen molar-refractivity contribution in [1.82, 2.24) is 5.32 Å². The van der Waals surface area contributed by atoms with Crippen molar-refractivity contribution >= 4 is 0 Å². The lowest BCUT2D eigenvalue weighted by atomic mass is 10.1. The SMILES string of the molecule is CCCCCCNCCOCC1CCCCO1. The van der Waals surface area contributed by atoms with Gasteiger partial charge in [-0.25, -0.2) is 0 Å². The van der Waals surface area contributed by atoms with Crippen molar-refractivity contribution in [1.29, 1.82) is 0 Å². The summed E-state index contributed by atoms with van der Waals surface area (Å²) in [6.07, 6.45) is 9.35. The van der Waals surface area contributed by atoms with Gasteiger partial charge in [-0.3, -0.25) is 0 Å². The highest BCUT2D eigenvalue weighted by molar-refractivity contribution is 4.62. The Kier molecular flexibility index (Phi) is 9.66. The van der Waals surface area contributed by atoms with E-state index in [4.69, 9.17) is 9.47 Å². The van der Waals surface area contributed by atoms with E-state index >= 15 is 0 Å². The first-order valence-corrected chi connectivity index (χ1v) is 7.33. The second-order valence-electron chi connectivity index (χ2n) is 4.87. The molecule has 1 aliphatic heterocycles. The van der Waals surface area contributed by atoms with Crippen molar-refractivity contribution in [2.45, 2.75) is 58.0 Å². The molecule has 3 heteroatoms. The third-order valence-electron chi connectivity index (χ3n) is 3.21. The molecule has 1 N–H and O–H groups in total. The summed E-state index contributed by atoms with van der Waals surface area (Å²) in [4.78, 5) is 0. The molecule has 1 heterocycles. The summed E-state index contributed by atoms with van der Waals surface area (Å²) < 4.78 is 11.2. The van der Waals surface area contributed by atoms with E-state index in [9.17, 15) is 0 Å². The number of nitrogens with one attached hydrogen (secondary N) is 1. The molecule has 0 aliphatic carbocycles. The monoisotopic (exact) mass is 243 g/mol. The highest BCUT2D eigenvalue weighted by Gasteiger charge is 2.13. The Labute approximate surface area is 106 Å². The summed E-state index contributed by atoms with van der Waals surface area (Å²) in [5, 5.41) is 3.42. The van der Waals surface area contributed by atoms with Crippen LogP contribution in [0.2, 0.25) is 0 Å². The van der Waals surface area contributed by atoms with Crippen LogP contribution >= 0.6 is 0 Å². The molecule has 17 heavy (non-hydrogen) atoms. The third-order valence-corrected chi connectivity index (χ3v) is 3.21. The van der Waals surface area contributed by atoms with Crippen molar-refractivity contribution < 1.29 is 9.47 Å². The van der Waals surface area contributed by atoms with Crippen LogP contribution in [-0.2, 0) is 9.47 Å². The normalized spacial score (nSPS) is 20.6. The molecule has 1 saturated heterocycles. The van der Waals surface area contributed by atoms with E-state index in [2.05, 4.69) is 12.2 Å². The van der Waals surface area contributed by atoms with Crippen LogP contribution in [0.25, 0.3) is 0 Å². The maximum absolute atomic E-state index is 5.61. The largest absolute Gasteiger partial charge is 0.377 e. The molecule has 0 saturated carbocycles. The summed E-state index contributed by atoms with van der Waals surface area (Å²) in [6, 6.07) is 0. The standard InChI is InChI=1S/C14H29NO2/c1-2-3-4-6-9-15-10-12-16-13-14-8-5-7-11-17-14/h14-15H,2-13H2,1H3. The lowest BCUT2D eigenvalue weighted by molar-refractivity contribution is -0.0398. The first-order chi connectivity index (χ1) is 8.43. The van der Waals surface area contributed by atoms with Gasteiger partial charge in [0.05, 0.1) is 19.3 Å². The van der Waals surface area contributed by atoms with Gasteiger partial charge in [-0.15, -0.1) is 0 Å². The fourth-order valence-corrected chi connectivity index (χ4v) is 2.10. The van der Waals surface area contributed by atoms with E-state index in [1.807, 2.05) is 0 Å². The van der Waals surface area contributed by atoms with E-state index in [-0.39, 0.29) is 0 Å². The molecule has 1 unspecified atom stereocenters. The van der Waals surface area contributed by atoms with E-state index < -0.39 is 0 Å². The maximum Gasteiger partial charge on any atom is 0.0808 e. The van der Waals surface area contributed by atoms with Crippen LogP contribution in [0, 0.1) is 0 Å². The molecule has 1 fully saturated rings. The van der Waals surface area contributed by atoms with Crippen molar-refractivity contribution in [2.24, 2.45) is 0 Å². The Morgan fingerprint density at radius 2 is 2.12 bits per heavy atom. The molecule has 0 amide bonds. The van der Waals surface area contributed by atoms with Crippen LogP contribution in [0.5, 0.6) is 0 Å². The molecule has 0 radical (unpaired) electrons. The van der Waals surface area contributed by atoms with Crippen LogP contribution in [-0.4, -0.2) is 39.0 Å². The topological polar surface area (TPSA) is 30.5 Å². The van der Waals surface area contributed by atoms with E-state index in [0.717, 1.165) is 32.9 Å². The average Bonchev–Trinajstić information content (AvgIpc) is 2.38. The minimum atomic E-state index is 0.355. The van der Waals surface area contributed by atoms with Crippen LogP contribution in [0.1, 0.15) is 51.9 Å². The molecule has 0 aromatic heterocycles. The molecule has 1 rings (SSSR count). The van der Waals surface area contributed by atoms with Crippen molar-refractivity contribution in [2.75, 3.05) is 32.9 Å². The summed E-state index contributed by atoms with van der Waals surface area (Å²) in [7, 11) is 0.